The Labute approximate surface area is 172 Å². The lowest BCUT2D eigenvalue weighted by molar-refractivity contribution is -0.125. The van der Waals surface area contributed by atoms with Crippen LogP contribution in [0.3, 0.4) is 0 Å². The second-order valence-electron chi connectivity index (χ2n) is 7.49. The summed E-state index contributed by atoms with van der Waals surface area (Å²) in [5.74, 6) is 1.17. The zero-order valence-electron chi connectivity index (χ0n) is 15.6. The zero-order valence-corrected chi connectivity index (χ0v) is 17.1. The summed E-state index contributed by atoms with van der Waals surface area (Å²) >= 11 is 7.34. The lowest BCUT2D eigenvalue weighted by Gasteiger charge is -2.25. The quantitative estimate of drug-likeness (QED) is 0.735. The minimum absolute atomic E-state index is 0.0609. The van der Waals surface area contributed by atoms with Crippen molar-refractivity contribution in [3.8, 4) is 0 Å². The van der Waals surface area contributed by atoms with Crippen LogP contribution in [0.15, 0.2) is 27.6 Å². The molecule has 2 amide bonds. The van der Waals surface area contributed by atoms with Gasteiger partial charge in [0.25, 0.3) is 0 Å². The van der Waals surface area contributed by atoms with Crippen molar-refractivity contribution in [3.05, 3.63) is 34.9 Å². The molecule has 2 atom stereocenters. The van der Waals surface area contributed by atoms with Crippen molar-refractivity contribution in [2.75, 3.05) is 5.32 Å². The van der Waals surface area contributed by atoms with Gasteiger partial charge < -0.3 is 15.2 Å². The second kappa shape index (κ2) is 7.75. The van der Waals surface area contributed by atoms with Gasteiger partial charge in [0.05, 0.1) is 10.9 Å². The summed E-state index contributed by atoms with van der Waals surface area (Å²) in [6.07, 6.45) is 2.22. The molecule has 0 saturated heterocycles. The third-order valence-corrected chi connectivity index (χ3v) is 6.29. The maximum atomic E-state index is 12.6. The van der Waals surface area contributed by atoms with Gasteiger partial charge in [-0.1, -0.05) is 30.6 Å². The van der Waals surface area contributed by atoms with Crippen LogP contribution in [-0.4, -0.2) is 27.2 Å². The van der Waals surface area contributed by atoms with Gasteiger partial charge in [-0.15, -0.1) is 11.8 Å². The number of thioether (sulfide) groups is 1. The van der Waals surface area contributed by atoms with Crippen LogP contribution in [0.2, 0.25) is 5.02 Å². The molecule has 2 N–H and O–H groups in total. The number of rotatable bonds is 6. The highest BCUT2D eigenvalue weighted by Crippen LogP contribution is 2.39. The topological polar surface area (TPSA) is 97.1 Å². The maximum Gasteiger partial charge on any atom is 0.249 e. The third kappa shape index (κ3) is 4.17. The molecule has 0 spiro atoms. The normalized spacial score (nSPS) is 19.9. The standard InChI is InChI=1S/C19H21ClN4O3S/c1-9(2)16(19-23-17(24-27-19)10-3-4-10)22-15(25)8-14-18(26)21-12-7-11(20)5-6-13(12)28-14/h5-7,9-10,14,16H,3-4,8H2,1-2H3,(H,21,26)(H,22,25). The summed E-state index contributed by atoms with van der Waals surface area (Å²) in [5, 5.41) is 9.86. The molecule has 0 radical (unpaired) electrons. The van der Waals surface area contributed by atoms with Crippen LogP contribution in [0.5, 0.6) is 0 Å². The SMILES string of the molecule is CC(C)C(NC(=O)CC1Sc2ccc(Cl)cc2NC1=O)c1nc(C2CC2)no1. The monoisotopic (exact) mass is 420 g/mol. The molecular weight excluding hydrogens is 400 g/mol. The van der Waals surface area contributed by atoms with Crippen LogP contribution >= 0.6 is 23.4 Å². The van der Waals surface area contributed by atoms with E-state index in [0.717, 1.165) is 17.7 Å². The van der Waals surface area contributed by atoms with E-state index in [2.05, 4.69) is 20.8 Å². The molecule has 28 heavy (non-hydrogen) atoms. The van der Waals surface area contributed by atoms with E-state index in [1.165, 1.54) is 11.8 Å². The van der Waals surface area contributed by atoms with Crippen molar-refractivity contribution in [1.29, 1.82) is 0 Å². The fourth-order valence-electron chi connectivity index (χ4n) is 3.05. The Morgan fingerprint density at radius 1 is 1.43 bits per heavy atom. The fraction of sp³-hybridized carbons (Fsp3) is 0.474. The van der Waals surface area contributed by atoms with E-state index < -0.39 is 5.25 Å². The molecule has 2 aliphatic rings. The highest BCUT2D eigenvalue weighted by Gasteiger charge is 2.33. The molecule has 1 aromatic carbocycles. The van der Waals surface area contributed by atoms with Gasteiger partial charge >= 0.3 is 0 Å². The van der Waals surface area contributed by atoms with Gasteiger partial charge in [0.1, 0.15) is 6.04 Å². The van der Waals surface area contributed by atoms with Crippen LogP contribution in [0.1, 0.15) is 56.8 Å². The highest BCUT2D eigenvalue weighted by molar-refractivity contribution is 8.01. The van der Waals surface area contributed by atoms with E-state index in [4.69, 9.17) is 16.1 Å². The number of carbonyl (C=O) groups is 2. The van der Waals surface area contributed by atoms with Crippen molar-refractivity contribution >= 4 is 40.9 Å². The first-order chi connectivity index (χ1) is 13.4. The number of hydrogen-bond donors (Lipinski definition) is 2. The van der Waals surface area contributed by atoms with Crippen LogP contribution in [0, 0.1) is 5.92 Å². The summed E-state index contributed by atoms with van der Waals surface area (Å²) in [6, 6.07) is 4.95. The molecule has 1 fully saturated rings. The predicted octanol–water partition coefficient (Wildman–Crippen LogP) is 3.92. The Kier molecular flexibility index (Phi) is 5.33. The zero-order chi connectivity index (χ0) is 19.8. The first kappa shape index (κ1) is 19.3. The molecule has 1 aromatic heterocycles. The molecule has 7 nitrogen and oxygen atoms in total. The van der Waals surface area contributed by atoms with Crippen molar-refractivity contribution < 1.29 is 14.1 Å². The molecule has 1 aliphatic carbocycles. The number of carbonyl (C=O) groups excluding carboxylic acids is 2. The van der Waals surface area contributed by atoms with E-state index in [1.54, 1.807) is 12.1 Å². The van der Waals surface area contributed by atoms with Gasteiger partial charge in [0, 0.05) is 22.3 Å². The number of halogens is 1. The Morgan fingerprint density at radius 2 is 2.21 bits per heavy atom. The molecule has 2 unspecified atom stereocenters. The fourth-order valence-corrected chi connectivity index (χ4v) is 4.32. The predicted molar refractivity (Wildman–Crippen MR) is 106 cm³/mol. The van der Waals surface area contributed by atoms with Gasteiger partial charge in [0.2, 0.25) is 17.7 Å². The Morgan fingerprint density at radius 3 is 2.93 bits per heavy atom. The van der Waals surface area contributed by atoms with Crippen LogP contribution < -0.4 is 10.6 Å². The van der Waals surface area contributed by atoms with Gasteiger partial charge in [-0.2, -0.15) is 4.98 Å². The lowest BCUT2D eigenvalue weighted by atomic mass is 10.0. The third-order valence-electron chi connectivity index (χ3n) is 4.78. The number of benzene rings is 1. The van der Waals surface area contributed by atoms with Crippen molar-refractivity contribution in [2.24, 2.45) is 5.92 Å². The minimum atomic E-state index is -0.508. The van der Waals surface area contributed by atoms with Crippen molar-refractivity contribution in [2.45, 2.75) is 55.2 Å². The number of hydrogen-bond acceptors (Lipinski definition) is 6. The van der Waals surface area contributed by atoms with Gasteiger partial charge in [0.15, 0.2) is 5.82 Å². The molecule has 0 bridgehead atoms. The van der Waals surface area contributed by atoms with E-state index in [1.807, 2.05) is 19.9 Å². The van der Waals surface area contributed by atoms with Crippen molar-refractivity contribution in [3.63, 3.8) is 0 Å². The molecule has 2 heterocycles. The number of amides is 2. The first-order valence-corrected chi connectivity index (χ1v) is 10.6. The summed E-state index contributed by atoms with van der Waals surface area (Å²) in [5.41, 5.74) is 0.678. The Balaban J connectivity index is 1.42. The average Bonchev–Trinajstić information content (AvgIpc) is 3.38. The molecule has 2 aromatic rings. The first-order valence-electron chi connectivity index (χ1n) is 9.30. The summed E-state index contributed by atoms with van der Waals surface area (Å²) in [4.78, 5) is 30.4. The second-order valence-corrected chi connectivity index (χ2v) is 9.18. The number of aromatic nitrogens is 2. The van der Waals surface area contributed by atoms with Crippen LogP contribution in [-0.2, 0) is 9.59 Å². The smallest absolute Gasteiger partial charge is 0.249 e. The molecule has 4 rings (SSSR count). The molecular formula is C19H21ClN4O3S. The maximum absolute atomic E-state index is 12.6. The summed E-state index contributed by atoms with van der Waals surface area (Å²) in [6.45, 7) is 3.96. The van der Waals surface area contributed by atoms with Crippen LogP contribution in [0.25, 0.3) is 0 Å². The largest absolute Gasteiger partial charge is 0.344 e. The molecule has 148 valence electrons. The molecule has 1 aliphatic heterocycles. The number of nitrogens with one attached hydrogen (secondary N) is 2. The van der Waals surface area contributed by atoms with Gasteiger partial charge in [-0.3, -0.25) is 9.59 Å². The molecule has 1 saturated carbocycles. The van der Waals surface area contributed by atoms with Crippen LogP contribution in [0.4, 0.5) is 5.69 Å². The van der Waals surface area contributed by atoms with E-state index in [9.17, 15) is 9.59 Å². The van der Waals surface area contributed by atoms with Gasteiger partial charge in [-0.25, -0.2) is 0 Å². The van der Waals surface area contributed by atoms with E-state index in [-0.39, 0.29) is 30.2 Å². The van der Waals surface area contributed by atoms with Gasteiger partial charge in [-0.05, 0) is 37.0 Å². The van der Waals surface area contributed by atoms with E-state index >= 15 is 0 Å². The number of nitrogens with zero attached hydrogens (tertiary/aromatic N) is 2. The molecule has 9 heteroatoms. The Bertz CT molecular complexity index is 912. The average molecular weight is 421 g/mol. The summed E-state index contributed by atoms with van der Waals surface area (Å²) in [7, 11) is 0. The van der Waals surface area contributed by atoms with E-state index in [0.29, 0.717) is 28.3 Å². The highest BCUT2D eigenvalue weighted by atomic mass is 35.5. The minimum Gasteiger partial charge on any atom is -0.344 e. The number of fused-ring (bicyclic) bond motifs is 1. The van der Waals surface area contributed by atoms with Crippen molar-refractivity contribution in [1.82, 2.24) is 15.5 Å². The number of anilines is 1. The Hall–Kier alpha value is -2.06. The lowest BCUT2D eigenvalue weighted by Crippen LogP contribution is -2.37. The summed E-state index contributed by atoms with van der Waals surface area (Å²) < 4.78 is 5.39.